The van der Waals surface area contributed by atoms with Gasteiger partial charge in [0, 0.05) is 12.2 Å². The first-order valence-electron chi connectivity index (χ1n) is 10.7. The lowest BCUT2D eigenvalue weighted by molar-refractivity contribution is -0.153. The lowest BCUT2D eigenvalue weighted by atomic mass is 10.0. The minimum Gasteiger partial charge on any atom is -0.489 e. The van der Waals surface area contributed by atoms with E-state index in [1.54, 1.807) is 6.07 Å². The number of benzene rings is 2. The standard InChI is InChI=1S/C25H30BrFO4/c1-25(2,3)31-23(28)15-18-7-4-5-9-22(18)30-16-17-13-19(24(27)21(26)14-17)10-11-20-8-6-12-29-20/h4-5,7,9,13-14,20H,6,8,10-12,15-16H2,1-3H3. The van der Waals surface area contributed by atoms with Crippen LogP contribution < -0.4 is 4.74 Å². The zero-order valence-corrected chi connectivity index (χ0v) is 20.0. The third-order valence-corrected chi connectivity index (χ3v) is 5.62. The van der Waals surface area contributed by atoms with E-state index in [4.69, 9.17) is 14.2 Å². The molecule has 1 aliphatic heterocycles. The van der Waals surface area contributed by atoms with Crippen LogP contribution in [0.25, 0.3) is 0 Å². The van der Waals surface area contributed by atoms with Crippen LogP contribution in [0.15, 0.2) is 40.9 Å². The van der Waals surface area contributed by atoms with Gasteiger partial charge in [-0.25, -0.2) is 4.39 Å². The highest BCUT2D eigenvalue weighted by molar-refractivity contribution is 9.10. The zero-order valence-electron chi connectivity index (χ0n) is 18.4. The van der Waals surface area contributed by atoms with Crippen LogP contribution in [0.5, 0.6) is 5.75 Å². The normalized spacial score (nSPS) is 16.4. The number of rotatable bonds is 8. The molecule has 0 saturated carbocycles. The van der Waals surface area contributed by atoms with E-state index in [2.05, 4.69) is 15.9 Å². The monoisotopic (exact) mass is 492 g/mol. The molecule has 0 amide bonds. The third-order valence-electron chi connectivity index (χ3n) is 5.04. The molecule has 1 aliphatic rings. The molecule has 2 aromatic carbocycles. The average molecular weight is 493 g/mol. The molecule has 1 heterocycles. The first-order chi connectivity index (χ1) is 14.7. The summed E-state index contributed by atoms with van der Waals surface area (Å²) in [5.41, 5.74) is 1.75. The van der Waals surface area contributed by atoms with Gasteiger partial charge in [0.05, 0.1) is 17.0 Å². The highest BCUT2D eigenvalue weighted by Crippen LogP contribution is 2.27. The lowest BCUT2D eigenvalue weighted by Gasteiger charge is -2.20. The summed E-state index contributed by atoms with van der Waals surface area (Å²) < 4.78 is 32.1. The molecule has 3 rings (SSSR count). The summed E-state index contributed by atoms with van der Waals surface area (Å²) in [6.07, 6.45) is 3.91. The Labute approximate surface area is 192 Å². The van der Waals surface area contributed by atoms with E-state index in [1.807, 2.05) is 51.1 Å². The SMILES string of the molecule is CC(C)(C)OC(=O)Cc1ccccc1OCc1cc(Br)c(F)c(CCC2CCCO2)c1. The van der Waals surface area contributed by atoms with Crippen molar-refractivity contribution in [1.29, 1.82) is 0 Å². The molecule has 0 spiro atoms. The van der Waals surface area contributed by atoms with E-state index >= 15 is 0 Å². The van der Waals surface area contributed by atoms with Gasteiger partial charge in [-0.05, 0) is 91.7 Å². The fourth-order valence-electron chi connectivity index (χ4n) is 3.65. The summed E-state index contributed by atoms with van der Waals surface area (Å²) in [5, 5.41) is 0. The highest BCUT2D eigenvalue weighted by atomic mass is 79.9. The van der Waals surface area contributed by atoms with Crippen LogP contribution in [0.2, 0.25) is 0 Å². The Balaban J connectivity index is 1.66. The fourth-order valence-corrected chi connectivity index (χ4v) is 4.20. The number of hydrogen-bond acceptors (Lipinski definition) is 4. The minimum atomic E-state index is -0.535. The van der Waals surface area contributed by atoms with Crippen LogP contribution in [-0.4, -0.2) is 24.3 Å². The molecule has 0 bridgehead atoms. The first kappa shape index (κ1) is 23.7. The number of esters is 1. The molecular formula is C25H30BrFO4. The van der Waals surface area contributed by atoms with Gasteiger partial charge in [0.1, 0.15) is 23.8 Å². The van der Waals surface area contributed by atoms with Crippen molar-refractivity contribution in [1.82, 2.24) is 0 Å². The molecule has 168 valence electrons. The smallest absolute Gasteiger partial charge is 0.310 e. The maximum absolute atomic E-state index is 14.6. The van der Waals surface area contributed by atoms with Gasteiger partial charge >= 0.3 is 5.97 Å². The van der Waals surface area contributed by atoms with E-state index < -0.39 is 5.60 Å². The Hall–Kier alpha value is -1.92. The Morgan fingerprint density at radius 1 is 1.23 bits per heavy atom. The molecule has 2 aromatic rings. The van der Waals surface area contributed by atoms with E-state index in [1.165, 1.54) is 0 Å². The highest BCUT2D eigenvalue weighted by Gasteiger charge is 2.19. The summed E-state index contributed by atoms with van der Waals surface area (Å²) in [7, 11) is 0. The summed E-state index contributed by atoms with van der Waals surface area (Å²) >= 11 is 3.33. The number of para-hydroxylation sites is 1. The van der Waals surface area contributed by atoms with Crippen LogP contribution >= 0.6 is 15.9 Å². The van der Waals surface area contributed by atoms with Crippen molar-refractivity contribution in [2.24, 2.45) is 0 Å². The van der Waals surface area contributed by atoms with Crippen molar-refractivity contribution in [3.8, 4) is 5.75 Å². The van der Waals surface area contributed by atoms with Crippen LogP contribution in [0.1, 0.15) is 56.7 Å². The number of hydrogen-bond donors (Lipinski definition) is 0. The Kier molecular flexibility index (Phi) is 8.11. The molecule has 0 radical (unpaired) electrons. The van der Waals surface area contributed by atoms with Gasteiger partial charge in [0.15, 0.2) is 0 Å². The second-order valence-corrected chi connectivity index (χ2v) is 9.74. The maximum atomic E-state index is 14.6. The molecule has 1 unspecified atom stereocenters. The Morgan fingerprint density at radius 3 is 2.71 bits per heavy atom. The molecule has 4 nitrogen and oxygen atoms in total. The number of aryl methyl sites for hydroxylation is 1. The van der Waals surface area contributed by atoms with Crippen molar-refractivity contribution in [3.63, 3.8) is 0 Å². The number of halogens is 2. The largest absolute Gasteiger partial charge is 0.489 e. The predicted molar refractivity (Wildman–Crippen MR) is 122 cm³/mol. The number of ether oxygens (including phenoxy) is 3. The van der Waals surface area contributed by atoms with Gasteiger partial charge < -0.3 is 14.2 Å². The van der Waals surface area contributed by atoms with Gasteiger partial charge in [0.25, 0.3) is 0 Å². The first-order valence-corrected chi connectivity index (χ1v) is 11.5. The molecule has 0 N–H and O–H groups in total. The van der Waals surface area contributed by atoms with Gasteiger partial charge in [0.2, 0.25) is 0 Å². The number of carbonyl (C=O) groups excluding carboxylic acids is 1. The Bertz CT molecular complexity index is 901. The molecular weight excluding hydrogens is 463 g/mol. The zero-order chi connectivity index (χ0) is 22.4. The van der Waals surface area contributed by atoms with E-state index in [9.17, 15) is 9.18 Å². The van der Waals surface area contributed by atoms with Crippen LogP contribution in [-0.2, 0) is 33.7 Å². The van der Waals surface area contributed by atoms with Gasteiger partial charge in [-0.15, -0.1) is 0 Å². The molecule has 1 saturated heterocycles. The van der Waals surface area contributed by atoms with E-state index in [0.29, 0.717) is 22.2 Å². The molecule has 0 aromatic heterocycles. The van der Waals surface area contributed by atoms with Crippen molar-refractivity contribution in [3.05, 3.63) is 63.4 Å². The van der Waals surface area contributed by atoms with Crippen molar-refractivity contribution < 1.29 is 23.4 Å². The van der Waals surface area contributed by atoms with Crippen LogP contribution in [0, 0.1) is 5.82 Å². The fraction of sp³-hybridized carbons (Fsp3) is 0.480. The van der Waals surface area contributed by atoms with E-state index in [0.717, 1.165) is 37.0 Å². The van der Waals surface area contributed by atoms with Crippen molar-refractivity contribution >= 4 is 21.9 Å². The van der Waals surface area contributed by atoms with Gasteiger partial charge in [-0.3, -0.25) is 4.79 Å². The molecule has 1 fully saturated rings. The maximum Gasteiger partial charge on any atom is 0.310 e. The van der Waals surface area contributed by atoms with Crippen LogP contribution in [0.3, 0.4) is 0 Å². The third kappa shape index (κ3) is 7.32. The molecule has 6 heteroatoms. The van der Waals surface area contributed by atoms with Crippen molar-refractivity contribution in [2.45, 2.75) is 71.2 Å². The van der Waals surface area contributed by atoms with Gasteiger partial charge in [-0.1, -0.05) is 18.2 Å². The summed E-state index contributed by atoms with van der Waals surface area (Å²) in [5.74, 6) is 0.0891. The van der Waals surface area contributed by atoms with Gasteiger partial charge in [-0.2, -0.15) is 0 Å². The molecule has 1 atom stereocenters. The average Bonchev–Trinajstić information content (AvgIpc) is 3.21. The topological polar surface area (TPSA) is 44.8 Å². The van der Waals surface area contributed by atoms with E-state index in [-0.39, 0.29) is 30.9 Å². The molecule has 0 aliphatic carbocycles. The molecule has 31 heavy (non-hydrogen) atoms. The van der Waals surface area contributed by atoms with Crippen LogP contribution in [0.4, 0.5) is 4.39 Å². The van der Waals surface area contributed by atoms with Crippen molar-refractivity contribution in [2.75, 3.05) is 6.61 Å². The summed E-state index contributed by atoms with van der Waals surface area (Å²) in [6, 6.07) is 11.0. The minimum absolute atomic E-state index is 0.132. The Morgan fingerprint density at radius 2 is 2.00 bits per heavy atom. The predicted octanol–water partition coefficient (Wildman–Crippen LogP) is 6.16. The lowest BCUT2D eigenvalue weighted by Crippen LogP contribution is -2.25. The second-order valence-electron chi connectivity index (χ2n) is 8.88. The number of carbonyl (C=O) groups is 1. The quantitative estimate of drug-likeness (QED) is 0.413. The summed E-state index contributed by atoms with van der Waals surface area (Å²) in [6.45, 7) is 6.60. The second kappa shape index (κ2) is 10.6. The summed E-state index contributed by atoms with van der Waals surface area (Å²) in [4.78, 5) is 12.2.